The van der Waals surface area contributed by atoms with Gasteiger partial charge in [-0.2, -0.15) is 0 Å². The number of nitrogens with zero attached hydrogens (tertiary/aromatic N) is 3. The highest BCUT2D eigenvalue weighted by Gasteiger charge is 2.46. The van der Waals surface area contributed by atoms with E-state index < -0.39 is 28.7 Å². The van der Waals surface area contributed by atoms with Crippen LogP contribution in [-0.4, -0.2) is 36.3 Å². The Morgan fingerprint density at radius 2 is 2.00 bits per heavy atom. The standard InChI is InChI=1S/C20H21N3O6/c1-11(2)10-29-20(25)15-12(3)22-18(21-4)17(19(24)28-5)16(15)13-8-6-7-9-14(13)23(26)27/h6-9,11,15-16H,10H2,1-3,5H3. The number of carbonyl (C=O) groups is 2. The summed E-state index contributed by atoms with van der Waals surface area (Å²) in [6.45, 7) is 12.8. The molecular formula is C20H21N3O6. The maximum atomic E-state index is 12.9. The fraction of sp³-hybridized carbons (Fsp3) is 0.400. The number of nitro groups is 1. The summed E-state index contributed by atoms with van der Waals surface area (Å²) < 4.78 is 10.2. The Bertz CT molecular complexity index is 942. The summed E-state index contributed by atoms with van der Waals surface area (Å²) in [6, 6.07) is 5.77. The van der Waals surface area contributed by atoms with Gasteiger partial charge in [0.1, 0.15) is 11.6 Å². The van der Waals surface area contributed by atoms with E-state index >= 15 is 0 Å². The second-order valence-corrected chi connectivity index (χ2v) is 6.89. The topological polar surface area (TPSA) is 112 Å². The highest BCUT2D eigenvalue weighted by Crippen LogP contribution is 2.43. The van der Waals surface area contributed by atoms with Crippen LogP contribution in [0.15, 0.2) is 40.7 Å². The summed E-state index contributed by atoms with van der Waals surface area (Å²) in [5.74, 6) is -3.98. The summed E-state index contributed by atoms with van der Waals surface area (Å²) in [5.41, 5.74) is -0.131. The van der Waals surface area contributed by atoms with E-state index in [9.17, 15) is 19.7 Å². The first-order chi connectivity index (χ1) is 13.7. The largest absolute Gasteiger partial charge is 0.467 e. The molecule has 1 aliphatic heterocycles. The van der Waals surface area contributed by atoms with Gasteiger partial charge >= 0.3 is 11.9 Å². The van der Waals surface area contributed by atoms with E-state index in [4.69, 9.17) is 16.0 Å². The molecule has 1 aliphatic rings. The minimum Gasteiger partial charge on any atom is -0.467 e. The summed E-state index contributed by atoms with van der Waals surface area (Å²) in [4.78, 5) is 43.8. The summed E-state index contributed by atoms with van der Waals surface area (Å²) in [5, 5.41) is 11.6. The van der Waals surface area contributed by atoms with Crippen LogP contribution >= 0.6 is 0 Å². The highest BCUT2D eigenvalue weighted by molar-refractivity contribution is 6.07. The molecule has 0 saturated heterocycles. The highest BCUT2D eigenvalue weighted by atomic mass is 16.6. The molecule has 2 unspecified atom stereocenters. The molecule has 1 heterocycles. The third-order valence-electron chi connectivity index (χ3n) is 4.41. The van der Waals surface area contributed by atoms with Gasteiger partial charge in [-0.05, 0) is 12.8 Å². The van der Waals surface area contributed by atoms with Crippen LogP contribution in [-0.2, 0) is 19.1 Å². The van der Waals surface area contributed by atoms with E-state index in [1.165, 1.54) is 25.1 Å². The zero-order chi connectivity index (χ0) is 21.7. The lowest BCUT2D eigenvalue weighted by atomic mass is 9.75. The van der Waals surface area contributed by atoms with Crippen LogP contribution in [0, 0.1) is 28.5 Å². The molecule has 9 heteroatoms. The quantitative estimate of drug-likeness (QED) is 0.314. The van der Waals surface area contributed by atoms with Crippen molar-refractivity contribution >= 4 is 23.3 Å². The van der Waals surface area contributed by atoms with Gasteiger partial charge < -0.3 is 14.3 Å². The first-order valence-electron chi connectivity index (χ1n) is 8.87. The summed E-state index contributed by atoms with van der Waals surface area (Å²) in [7, 11) is 1.13. The molecule has 0 spiro atoms. The Labute approximate surface area is 168 Å². The first kappa shape index (κ1) is 21.8. The van der Waals surface area contributed by atoms with Crippen LogP contribution in [0.3, 0.4) is 0 Å². The van der Waals surface area contributed by atoms with Gasteiger partial charge in [-0.3, -0.25) is 14.9 Å². The number of aliphatic imine (C=N–C) groups is 1. The smallest absolute Gasteiger partial charge is 0.325 e. The normalized spacial score (nSPS) is 18.7. The van der Waals surface area contributed by atoms with Crippen LogP contribution in [0.4, 0.5) is 5.69 Å². The minimum absolute atomic E-state index is 0.0683. The molecule has 152 valence electrons. The second-order valence-electron chi connectivity index (χ2n) is 6.89. The average Bonchev–Trinajstić information content (AvgIpc) is 2.70. The number of methoxy groups -OCH3 is 1. The van der Waals surface area contributed by atoms with Crippen molar-refractivity contribution in [1.29, 1.82) is 0 Å². The average molecular weight is 399 g/mol. The molecule has 0 bridgehead atoms. The first-order valence-corrected chi connectivity index (χ1v) is 8.87. The Morgan fingerprint density at radius 1 is 1.34 bits per heavy atom. The molecule has 1 aromatic carbocycles. The molecule has 0 radical (unpaired) electrons. The predicted molar refractivity (Wildman–Crippen MR) is 104 cm³/mol. The Balaban J connectivity index is 2.74. The predicted octanol–water partition coefficient (Wildman–Crippen LogP) is 3.27. The lowest BCUT2D eigenvalue weighted by Crippen LogP contribution is -2.37. The van der Waals surface area contributed by atoms with E-state index in [2.05, 4.69) is 9.84 Å². The van der Waals surface area contributed by atoms with E-state index in [0.29, 0.717) is 0 Å². The van der Waals surface area contributed by atoms with Gasteiger partial charge in [-0.25, -0.2) is 4.79 Å². The minimum atomic E-state index is -1.13. The van der Waals surface area contributed by atoms with Crippen molar-refractivity contribution in [1.82, 2.24) is 0 Å². The third kappa shape index (κ3) is 4.48. The second kappa shape index (κ2) is 9.10. The van der Waals surface area contributed by atoms with Gasteiger partial charge in [-0.1, -0.05) is 38.6 Å². The monoisotopic (exact) mass is 399 g/mol. The van der Waals surface area contributed by atoms with Crippen molar-refractivity contribution in [3.8, 4) is 0 Å². The maximum Gasteiger partial charge on any atom is 0.325 e. The Morgan fingerprint density at radius 3 is 2.55 bits per heavy atom. The number of hydrogen-bond acceptors (Lipinski definition) is 7. The molecule has 9 nitrogen and oxygen atoms in total. The van der Waals surface area contributed by atoms with Gasteiger partial charge in [0.05, 0.1) is 24.2 Å². The number of para-hydroxylation sites is 1. The molecule has 2 rings (SSSR count). The molecule has 0 fully saturated rings. The summed E-state index contributed by atoms with van der Waals surface area (Å²) >= 11 is 0. The Hall–Kier alpha value is -3.54. The van der Waals surface area contributed by atoms with E-state index in [1.807, 2.05) is 13.8 Å². The SMILES string of the molecule is [C-]#[N+]C1=C(C(=O)OC)C(c2ccccc2[N+](=O)[O-])C(C(=O)OCC(C)C)C(C)=N1. The van der Waals surface area contributed by atoms with E-state index in [-0.39, 0.29) is 40.9 Å². The van der Waals surface area contributed by atoms with Crippen molar-refractivity contribution in [3.63, 3.8) is 0 Å². The molecule has 0 saturated carbocycles. The number of hydrogen-bond donors (Lipinski definition) is 0. The van der Waals surface area contributed by atoms with E-state index in [1.54, 1.807) is 6.07 Å². The van der Waals surface area contributed by atoms with Crippen LogP contribution in [0.2, 0.25) is 0 Å². The van der Waals surface area contributed by atoms with Crippen molar-refractivity contribution in [2.75, 3.05) is 13.7 Å². The molecule has 29 heavy (non-hydrogen) atoms. The number of rotatable bonds is 6. The van der Waals surface area contributed by atoms with Crippen LogP contribution < -0.4 is 0 Å². The van der Waals surface area contributed by atoms with Crippen molar-refractivity contribution in [2.45, 2.75) is 26.7 Å². The molecule has 2 atom stereocenters. The van der Waals surface area contributed by atoms with Gasteiger partial charge in [-0.15, -0.1) is 4.99 Å². The lowest BCUT2D eigenvalue weighted by molar-refractivity contribution is -0.385. The third-order valence-corrected chi connectivity index (χ3v) is 4.41. The lowest BCUT2D eigenvalue weighted by Gasteiger charge is -2.29. The van der Waals surface area contributed by atoms with Gasteiger partial charge in [0.2, 0.25) is 0 Å². The zero-order valence-electron chi connectivity index (χ0n) is 16.5. The molecule has 0 aliphatic carbocycles. The van der Waals surface area contributed by atoms with Gasteiger partial charge in [0, 0.05) is 17.5 Å². The summed E-state index contributed by atoms with van der Waals surface area (Å²) in [6.07, 6.45) is 0. The number of esters is 2. The van der Waals surface area contributed by atoms with E-state index in [0.717, 1.165) is 7.11 Å². The van der Waals surface area contributed by atoms with Gasteiger partial charge in [0.15, 0.2) is 0 Å². The number of ether oxygens (including phenoxy) is 2. The molecule has 0 N–H and O–H groups in total. The Kier molecular flexibility index (Phi) is 6.83. The van der Waals surface area contributed by atoms with Gasteiger partial charge in [0.25, 0.3) is 11.5 Å². The zero-order valence-corrected chi connectivity index (χ0v) is 16.5. The van der Waals surface area contributed by atoms with Crippen molar-refractivity contribution < 1.29 is 24.0 Å². The maximum absolute atomic E-state index is 12.9. The fourth-order valence-corrected chi connectivity index (χ4v) is 3.15. The molecular weight excluding hydrogens is 378 g/mol. The van der Waals surface area contributed by atoms with Crippen LogP contribution in [0.5, 0.6) is 0 Å². The fourth-order valence-electron chi connectivity index (χ4n) is 3.15. The molecule has 1 aromatic rings. The van der Waals surface area contributed by atoms with Crippen LogP contribution in [0.1, 0.15) is 32.3 Å². The molecule has 0 aromatic heterocycles. The van der Waals surface area contributed by atoms with Crippen LogP contribution in [0.25, 0.3) is 4.85 Å². The van der Waals surface area contributed by atoms with Crippen molar-refractivity contribution in [3.05, 3.63) is 62.8 Å². The number of nitro benzene ring substituents is 1. The number of carbonyl (C=O) groups excluding carboxylic acids is 2. The number of benzene rings is 1. The van der Waals surface area contributed by atoms with Crippen molar-refractivity contribution in [2.24, 2.45) is 16.8 Å². The molecule has 0 amide bonds.